The Morgan fingerprint density at radius 2 is 1.80 bits per heavy atom. The number of rotatable bonds is 8. The Bertz CT molecular complexity index is 1490. The molecule has 0 amide bonds. The van der Waals surface area contributed by atoms with Crippen LogP contribution in [0.2, 0.25) is 0 Å². The maximum atomic E-state index is 15.5. The minimum atomic E-state index is -3.43. The molecule has 0 aliphatic heterocycles. The minimum Gasteiger partial charge on any atom is -0.302 e. The predicted octanol–water partition coefficient (Wildman–Crippen LogP) is 3.72. The maximum absolute atomic E-state index is 15.5. The van der Waals surface area contributed by atoms with Crippen molar-refractivity contribution in [1.29, 1.82) is 0 Å². The highest BCUT2D eigenvalue weighted by Gasteiger charge is 2.40. The fraction of sp³-hybridized carbons (Fsp3) is 0.333. The van der Waals surface area contributed by atoms with E-state index < -0.39 is 11.7 Å². The largest absolute Gasteiger partial charge is 0.333 e. The summed E-state index contributed by atoms with van der Waals surface area (Å²) in [5.74, 6) is -3.99. The van der Waals surface area contributed by atoms with Crippen molar-refractivity contribution >= 4 is 16.7 Å². The van der Waals surface area contributed by atoms with Gasteiger partial charge in [-0.25, -0.2) is 4.98 Å². The van der Waals surface area contributed by atoms with Gasteiger partial charge < -0.3 is 4.90 Å². The van der Waals surface area contributed by atoms with Gasteiger partial charge in [-0.2, -0.15) is 23.5 Å². The topological polar surface area (TPSA) is 89.9 Å². The van der Waals surface area contributed by atoms with Gasteiger partial charge in [0, 0.05) is 41.0 Å². The van der Waals surface area contributed by atoms with Crippen LogP contribution < -0.4 is 0 Å². The second kappa shape index (κ2) is 9.06. The van der Waals surface area contributed by atoms with E-state index in [0.717, 1.165) is 41.8 Å². The summed E-state index contributed by atoms with van der Waals surface area (Å²) in [6.45, 7) is 9.60. The zero-order chi connectivity index (χ0) is 24.6. The third-order valence-corrected chi connectivity index (χ3v) is 6.08. The number of aromatic nitrogens is 8. The second-order valence-electron chi connectivity index (χ2n) is 8.36. The quantitative estimate of drug-likeness (QED) is 0.336. The van der Waals surface area contributed by atoms with E-state index in [9.17, 15) is 0 Å². The van der Waals surface area contributed by atoms with Gasteiger partial charge in [-0.1, -0.05) is 19.9 Å². The number of halogens is 2. The first-order chi connectivity index (χ1) is 16.9. The summed E-state index contributed by atoms with van der Waals surface area (Å²) in [4.78, 5) is 10.8. The highest BCUT2D eigenvalue weighted by Crippen LogP contribution is 2.36. The van der Waals surface area contributed by atoms with E-state index in [2.05, 4.69) is 49.1 Å². The van der Waals surface area contributed by atoms with Gasteiger partial charge in [0.1, 0.15) is 0 Å². The van der Waals surface area contributed by atoms with Crippen LogP contribution >= 0.6 is 0 Å². The van der Waals surface area contributed by atoms with Crippen LogP contribution in [0, 0.1) is 6.92 Å². The zero-order valence-electron chi connectivity index (χ0n) is 19.7. The fourth-order valence-electron chi connectivity index (χ4n) is 4.01. The molecule has 0 fully saturated rings. The van der Waals surface area contributed by atoms with Gasteiger partial charge >= 0.3 is 5.92 Å². The number of alkyl halides is 2. The van der Waals surface area contributed by atoms with Crippen LogP contribution in [0.15, 0.2) is 49.1 Å². The second-order valence-corrected chi connectivity index (χ2v) is 8.36. The molecule has 1 aromatic carbocycles. The standard InChI is InChI=1S/C24H25F2N9/c1-4-33(5-2)8-9-34-15-19(14-29-34)18-10-17-11-20(6-7-21(17)27-13-18)24(25,26)22-30-31-23-28-12-16(3)32-35(22)23/h6-7,10-15H,4-5,8-9H2,1-3H3. The van der Waals surface area contributed by atoms with Gasteiger partial charge in [-0.15, -0.1) is 10.2 Å². The number of hydrogen-bond acceptors (Lipinski definition) is 7. The molecule has 0 unspecified atom stereocenters. The van der Waals surface area contributed by atoms with Crippen LogP contribution in [0.5, 0.6) is 0 Å². The van der Waals surface area contributed by atoms with Crippen molar-refractivity contribution in [3.05, 3.63) is 66.1 Å². The average Bonchev–Trinajstić information content (AvgIpc) is 3.51. The Balaban J connectivity index is 1.46. The third-order valence-electron chi connectivity index (χ3n) is 6.08. The summed E-state index contributed by atoms with van der Waals surface area (Å²) in [6.07, 6.45) is 6.91. The summed E-state index contributed by atoms with van der Waals surface area (Å²) in [6, 6.07) is 6.21. The lowest BCUT2D eigenvalue weighted by molar-refractivity contribution is 0.0306. The van der Waals surface area contributed by atoms with Gasteiger partial charge in [-0.05, 0) is 38.2 Å². The number of benzene rings is 1. The molecule has 0 radical (unpaired) electrons. The highest BCUT2D eigenvalue weighted by atomic mass is 19.3. The van der Waals surface area contributed by atoms with Crippen LogP contribution in [0.1, 0.15) is 30.9 Å². The number of fused-ring (bicyclic) bond motifs is 2. The van der Waals surface area contributed by atoms with Crippen molar-refractivity contribution in [2.24, 2.45) is 0 Å². The third kappa shape index (κ3) is 4.34. The molecule has 0 atom stereocenters. The van der Waals surface area contributed by atoms with Gasteiger partial charge in [0.05, 0.1) is 30.1 Å². The fourth-order valence-corrected chi connectivity index (χ4v) is 4.01. The van der Waals surface area contributed by atoms with E-state index in [0.29, 0.717) is 16.6 Å². The van der Waals surface area contributed by atoms with Gasteiger partial charge in [-0.3, -0.25) is 9.67 Å². The molecule has 0 N–H and O–H groups in total. The van der Waals surface area contributed by atoms with Crippen molar-refractivity contribution in [3.8, 4) is 11.1 Å². The first-order valence-corrected chi connectivity index (χ1v) is 11.5. The average molecular weight is 478 g/mol. The lowest BCUT2D eigenvalue weighted by atomic mass is 10.0. The van der Waals surface area contributed by atoms with Gasteiger partial charge in [0.15, 0.2) is 0 Å². The van der Waals surface area contributed by atoms with Crippen LogP contribution in [-0.2, 0) is 12.5 Å². The lowest BCUT2D eigenvalue weighted by Gasteiger charge is -2.17. The molecule has 4 aromatic heterocycles. The summed E-state index contributed by atoms with van der Waals surface area (Å²) in [7, 11) is 0. The zero-order valence-corrected chi connectivity index (χ0v) is 19.7. The molecule has 4 heterocycles. The molecule has 0 aliphatic carbocycles. The first kappa shape index (κ1) is 22.9. The van der Waals surface area contributed by atoms with E-state index in [1.807, 2.05) is 16.9 Å². The smallest absolute Gasteiger partial charge is 0.302 e. The van der Waals surface area contributed by atoms with Crippen molar-refractivity contribution in [3.63, 3.8) is 0 Å². The Labute approximate surface area is 200 Å². The molecular weight excluding hydrogens is 452 g/mol. The van der Waals surface area contributed by atoms with E-state index in [1.165, 1.54) is 18.3 Å². The number of hydrogen-bond donors (Lipinski definition) is 0. The molecule has 9 nitrogen and oxygen atoms in total. The number of nitrogens with zero attached hydrogens (tertiary/aromatic N) is 9. The van der Waals surface area contributed by atoms with Gasteiger partial charge in [0.25, 0.3) is 5.78 Å². The van der Waals surface area contributed by atoms with Crippen LogP contribution in [0.25, 0.3) is 27.8 Å². The molecule has 35 heavy (non-hydrogen) atoms. The number of likely N-dealkylation sites (N-methyl/N-ethyl adjacent to an activating group) is 1. The van der Waals surface area contributed by atoms with E-state index in [1.54, 1.807) is 25.4 Å². The van der Waals surface area contributed by atoms with Crippen LogP contribution in [0.4, 0.5) is 8.78 Å². The monoisotopic (exact) mass is 477 g/mol. The highest BCUT2D eigenvalue weighted by molar-refractivity contribution is 5.84. The molecule has 0 aliphatic rings. The van der Waals surface area contributed by atoms with Crippen molar-refractivity contribution in [2.75, 3.05) is 19.6 Å². The Hall–Kier alpha value is -3.86. The molecule has 0 saturated heterocycles. The predicted molar refractivity (Wildman–Crippen MR) is 127 cm³/mol. The van der Waals surface area contributed by atoms with E-state index in [4.69, 9.17) is 0 Å². The Morgan fingerprint density at radius 3 is 2.60 bits per heavy atom. The lowest BCUT2D eigenvalue weighted by Crippen LogP contribution is -2.27. The molecule has 0 spiro atoms. The van der Waals surface area contributed by atoms with Crippen molar-refractivity contribution in [2.45, 2.75) is 33.2 Å². The number of pyridine rings is 1. The molecule has 5 rings (SSSR count). The number of aryl methyl sites for hydroxylation is 1. The molecular formula is C24H25F2N9. The summed E-state index contributed by atoms with van der Waals surface area (Å²) in [5.41, 5.74) is 2.56. The molecule has 0 saturated carbocycles. The van der Waals surface area contributed by atoms with Gasteiger partial charge in [0.2, 0.25) is 5.82 Å². The van der Waals surface area contributed by atoms with E-state index >= 15 is 8.78 Å². The normalized spacial score (nSPS) is 12.3. The molecule has 180 valence electrons. The molecule has 5 aromatic rings. The van der Waals surface area contributed by atoms with Crippen molar-refractivity contribution in [1.82, 2.24) is 44.5 Å². The summed E-state index contributed by atoms with van der Waals surface area (Å²) in [5, 5.41) is 16.6. The Morgan fingerprint density at radius 1 is 0.971 bits per heavy atom. The molecule has 11 heteroatoms. The van der Waals surface area contributed by atoms with Crippen LogP contribution in [0.3, 0.4) is 0 Å². The minimum absolute atomic E-state index is 0.0213. The van der Waals surface area contributed by atoms with Crippen LogP contribution in [-0.4, -0.2) is 64.1 Å². The van der Waals surface area contributed by atoms with E-state index in [-0.39, 0.29) is 11.3 Å². The van der Waals surface area contributed by atoms with Crippen molar-refractivity contribution < 1.29 is 8.78 Å². The summed E-state index contributed by atoms with van der Waals surface area (Å²) >= 11 is 0. The maximum Gasteiger partial charge on any atom is 0.333 e. The first-order valence-electron chi connectivity index (χ1n) is 11.5. The summed E-state index contributed by atoms with van der Waals surface area (Å²) < 4.78 is 33.9. The SMILES string of the molecule is CCN(CC)CCn1cc(-c2cnc3ccc(C(F)(F)c4nnc5ncc(C)nn45)cc3c2)cn1. The molecule has 0 bridgehead atoms. The Kier molecular flexibility index (Phi) is 5.93.